The quantitative estimate of drug-likeness (QED) is 0.576. The maximum Gasteiger partial charge on any atom is 0.190 e. The molecule has 0 fully saturated rings. The number of aryl methyl sites for hydroxylation is 1. The van der Waals surface area contributed by atoms with Gasteiger partial charge in [0.25, 0.3) is 0 Å². The monoisotopic (exact) mass is 274 g/mol. The van der Waals surface area contributed by atoms with Crippen LogP contribution in [0.1, 0.15) is 5.56 Å². The van der Waals surface area contributed by atoms with Crippen molar-refractivity contribution in [2.24, 2.45) is 0 Å². The largest absolute Gasteiger partial charge is 0.341 e. The molecule has 2 aromatic heterocycles. The van der Waals surface area contributed by atoms with Crippen LogP contribution in [0.15, 0.2) is 29.7 Å². The molecule has 4 nitrogen and oxygen atoms in total. The second-order valence-electron chi connectivity index (χ2n) is 4.12. The van der Waals surface area contributed by atoms with E-state index in [2.05, 4.69) is 19.9 Å². The summed E-state index contributed by atoms with van der Waals surface area (Å²) in [5.74, 6) is -0.249. The maximum absolute atomic E-state index is 13.2. The lowest BCUT2D eigenvalue weighted by molar-refractivity contribution is 0.627. The number of nitrogens with zero attached hydrogens (tertiary/aromatic N) is 3. The van der Waals surface area contributed by atoms with Crippen molar-refractivity contribution in [3.63, 3.8) is 0 Å². The molecule has 0 aliphatic rings. The van der Waals surface area contributed by atoms with Gasteiger partial charge in [-0.15, -0.1) is 0 Å². The third-order valence-corrected chi connectivity index (χ3v) is 3.44. The third-order valence-electron chi connectivity index (χ3n) is 2.89. The highest BCUT2D eigenvalue weighted by Gasteiger charge is 2.13. The molecule has 0 amide bonds. The van der Waals surface area contributed by atoms with Crippen LogP contribution in [0.3, 0.4) is 0 Å². The van der Waals surface area contributed by atoms with Crippen molar-refractivity contribution in [1.29, 1.82) is 0 Å². The molecule has 19 heavy (non-hydrogen) atoms. The molecular formula is C13H11FN4S. The van der Waals surface area contributed by atoms with Gasteiger partial charge in [-0.3, -0.25) is 0 Å². The number of hydrogen-bond donors (Lipinski definition) is 1. The van der Waals surface area contributed by atoms with E-state index in [1.54, 1.807) is 12.4 Å². The first-order valence-corrected chi connectivity index (χ1v) is 6.93. The number of benzene rings is 1. The number of thioether (sulfide) groups is 1. The second-order valence-corrected chi connectivity index (χ2v) is 4.89. The summed E-state index contributed by atoms with van der Waals surface area (Å²) in [5, 5.41) is 0.651. The molecule has 96 valence electrons. The average Bonchev–Trinajstić information content (AvgIpc) is 2.86. The summed E-state index contributed by atoms with van der Waals surface area (Å²) in [4.78, 5) is 16.0. The van der Waals surface area contributed by atoms with Gasteiger partial charge in [0.15, 0.2) is 10.8 Å². The fraction of sp³-hybridized carbons (Fsp3) is 0.154. The Kier molecular flexibility index (Phi) is 2.94. The lowest BCUT2D eigenvalue weighted by atomic mass is 10.0. The fourth-order valence-corrected chi connectivity index (χ4v) is 2.35. The Balaban J connectivity index is 2.31. The molecule has 3 aromatic rings. The van der Waals surface area contributed by atoms with Crippen molar-refractivity contribution in [1.82, 2.24) is 19.9 Å². The Bertz CT molecular complexity index is 753. The molecule has 0 atom stereocenters. The van der Waals surface area contributed by atoms with Gasteiger partial charge in [-0.2, -0.15) is 0 Å². The van der Waals surface area contributed by atoms with Crippen molar-refractivity contribution >= 4 is 22.9 Å². The average molecular weight is 274 g/mol. The van der Waals surface area contributed by atoms with Gasteiger partial charge in [-0.1, -0.05) is 11.8 Å². The highest BCUT2D eigenvalue weighted by molar-refractivity contribution is 7.98. The number of hydrogen-bond acceptors (Lipinski definition) is 4. The van der Waals surface area contributed by atoms with Gasteiger partial charge in [0.05, 0.1) is 6.33 Å². The molecule has 1 aromatic carbocycles. The van der Waals surface area contributed by atoms with Crippen molar-refractivity contribution in [3.05, 3.63) is 35.9 Å². The number of imidazole rings is 1. The Hall–Kier alpha value is -1.95. The predicted octanol–water partition coefficient (Wildman–Crippen LogP) is 3.19. The van der Waals surface area contributed by atoms with Crippen molar-refractivity contribution in [2.45, 2.75) is 12.1 Å². The molecule has 0 saturated carbocycles. The Morgan fingerprint density at radius 3 is 2.84 bits per heavy atom. The van der Waals surface area contributed by atoms with E-state index in [1.165, 1.54) is 23.9 Å². The third kappa shape index (κ3) is 2.08. The van der Waals surface area contributed by atoms with E-state index in [9.17, 15) is 4.39 Å². The van der Waals surface area contributed by atoms with Crippen LogP contribution < -0.4 is 0 Å². The molecule has 0 bridgehead atoms. The lowest BCUT2D eigenvalue weighted by Crippen LogP contribution is -1.95. The summed E-state index contributed by atoms with van der Waals surface area (Å²) in [6.45, 7) is 1.86. The van der Waals surface area contributed by atoms with Gasteiger partial charge < -0.3 is 4.98 Å². The van der Waals surface area contributed by atoms with Gasteiger partial charge in [0, 0.05) is 5.56 Å². The number of rotatable bonds is 2. The topological polar surface area (TPSA) is 54.5 Å². The molecular weight excluding hydrogens is 263 g/mol. The zero-order chi connectivity index (χ0) is 13.4. The molecule has 0 unspecified atom stereocenters. The summed E-state index contributed by atoms with van der Waals surface area (Å²) in [5.41, 5.74) is 3.87. The van der Waals surface area contributed by atoms with E-state index in [0.717, 1.165) is 22.3 Å². The fourth-order valence-electron chi connectivity index (χ4n) is 1.99. The molecule has 2 heterocycles. The number of halogens is 1. The normalized spacial score (nSPS) is 11.1. The van der Waals surface area contributed by atoms with E-state index >= 15 is 0 Å². The maximum atomic E-state index is 13.2. The van der Waals surface area contributed by atoms with Crippen LogP contribution in [0.2, 0.25) is 0 Å². The Morgan fingerprint density at radius 2 is 2.11 bits per heavy atom. The van der Waals surface area contributed by atoms with E-state index in [1.807, 2.05) is 13.2 Å². The number of aromatic amines is 1. The molecule has 0 aliphatic heterocycles. The molecule has 0 saturated heterocycles. The van der Waals surface area contributed by atoms with Crippen molar-refractivity contribution in [3.8, 4) is 11.3 Å². The Labute approximate surface area is 113 Å². The first-order chi connectivity index (χ1) is 9.19. The van der Waals surface area contributed by atoms with E-state index < -0.39 is 0 Å². The highest BCUT2D eigenvalue weighted by atomic mass is 32.2. The first-order valence-electron chi connectivity index (χ1n) is 5.70. The minimum Gasteiger partial charge on any atom is -0.341 e. The number of fused-ring (bicyclic) bond motifs is 1. The lowest BCUT2D eigenvalue weighted by Gasteiger charge is -2.07. The first kappa shape index (κ1) is 12.1. The van der Waals surface area contributed by atoms with E-state index in [4.69, 9.17) is 0 Å². The van der Waals surface area contributed by atoms with Gasteiger partial charge in [0.1, 0.15) is 17.0 Å². The van der Waals surface area contributed by atoms with E-state index in [0.29, 0.717) is 10.8 Å². The summed E-state index contributed by atoms with van der Waals surface area (Å²) < 4.78 is 13.2. The SMILES string of the molecule is CSc1nc(-c2ccc(F)cc2C)c2[nH]cnc2n1. The van der Waals surface area contributed by atoms with Gasteiger partial charge >= 0.3 is 0 Å². The van der Waals surface area contributed by atoms with Crippen molar-refractivity contribution < 1.29 is 4.39 Å². The smallest absolute Gasteiger partial charge is 0.190 e. The zero-order valence-electron chi connectivity index (χ0n) is 10.4. The van der Waals surface area contributed by atoms with Crippen LogP contribution in [0.25, 0.3) is 22.4 Å². The van der Waals surface area contributed by atoms with Crippen molar-refractivity contribution in [2.75, 3.05) is 6.26 Å². The minimum atomic E-state index is -0.249. The number of nitrogens with one attached hydrogen (secondary N) is 1. The number of aromatic nitrogens is 4. The minimum absolute atomic E-state index is 0.249. The molecule has 0 spiro atoms. The van der Waals surface area contributed by atoms with E-state index in [-0.39, 0.29) is 5.82 Å². The predicted molar refractivity (Wildman–Crippen MR) is 73.6 cm³/mol. The van der Waals surface area contributed by atoms with Gasteiger partial charge in [-0.05, 0) is 36.9 Å². The summed E-state index contributed by atoms with van der Waals surface area (Å²) in [7, 11) is 0. The van der Waals surface area contributed by atoms with Crippen LogP contribution in [0.4, 0.5) is 4.39 Å². The number of H-pyrrole nitrogens is 1. The molecule has 0 aliphatic carbocycles. The summed E-state index contributed by atoms with van der Waals surface area (Å²) in [6.07, 6.45) is 3.50. The van der Waals surface area contributed by atoms with Gasteiger partial charge in [-0.25, -0.2) is 19.3 Å². The van der Waals surface area contributed by atoms with Crippen LogP contribution in [-0.4, -0.2) is 26.2 Å². The molecule has 1 N–H and O–H groups in total. The van der Waals surface area contributed by atoms with Gasteiger partial charge in [0.2, 0.25) is 0 Å². The Morgan fingerprint density at radius 1 is 1.26 bits per heavy atom. The van der Waals surface area contributed by atoms with Crippen LogP contribution >= 0.6 is 11.8 Å². The zero-order valence-corrected chi connectivity index (χ0v) is 11.3. The molecule has 0 radical (unpaired) electrons. The molecule has 6 heteroatoms. The van der Waals surface area contributed by atoms with Crippen LogP contribution in [-0.2, 0) is 0 Å². The standard InChI is InChI=1S/C13H11FN4S/c1-7-5-8(14)3-4-9(7)10-11-12(16-6-15-11)18-13(17-10)19-2/h3-6H,1-2H3,(H,15,16,17,18). The second kappa shape index (κ2) is 4.62. The van der Waals surface area contributed by atoms with Crippen LogP contribution in [0.5, 0.6) is 0 Å². The summed E-state index contributed by atoms with van der Waals surface area (Å²) >= 11 is 1.45. The van der Waals surface area contributed by atoms with Crippen LogP contribution in [0, 0.1) is 12.7 Å². The molecule has 3 rings (SSSR count). The summed E-state index contributed by atoms with van der Waals surface area (Å²) in [6, 6.07) is 4.67. The highest BCUT2D eigenvalue weighted by Crippen LogP contribution is 2.28.